The number of alkyl halides is 1. The van der Waals surface area contributed by atoms with Gasteiger partial charge < -0.3 is 5.32 Å². The molecule has 1 amide bonds. The summed E-state index contributed by atoms with van der Waals surface area (Å²) in [5, 5.41) is 4.06. The molecule has 0 fully saturated rings. The van der Waals surface area contributed by atoms with Gasteiger partial charge in [0.15, 0.2) is 0 Å². The average Bonchev–Trinajstić information content (AvgIpc) is 2.38. The van der Waals surface area contributed by atoms with E-state index in [4.69, 9.17) is 0 Å². The molecule has 0 heterocycles. The zero-order valence-corrected chi connectivity index (χ0v) is 13.1. The Morgan fingerprint density at radius 3 is 2.50 bits per heavy atom. The molecule has 0 radical (unpaired) electrons. The molecule has 0 aromatic heterocycles. The summed E-state index contributed by atoms with van der Waals surface area (Å²) in [7, 11) is 0. The first kappa shape index (κ1) is 15.0. The lowest BCUT2D eigenvalue weighted by Crippen LogP contribution is -2.34. The molecule has 0 aliphatic carbocycles. The molecule has 0 aliphatic heterocycles. The number of amides is 1. The maximum absolute atomic E-state index is 13.7. The Morgan fingerprint density at radius 1 is 1.20 bits per heavy atom. The maximum Gasteiger partial charge on any atom is 0.252 e. The van der Waals surface area contributed by atoms with Crippen molar-refractivity contribution in [1.29, 1.82) is 0 Å². The smallest absolute Gasteiger partial charge is 0.252 e. The number of rotatable bonds is 4. The lowest BCUT2D eigenvalue weighted by molar-refractivity contribution is 0.0940. The van der Waals surface area contributed by atoms with Crippen LogP contribution in [0.4, 0.5) is 4.39 Å². The molecule has 0 saturated heterocycles. The van der Waals surface area contributed by atoms with E-state index in [0.29, 0.717) is 21.2 Å². The molecular formula is C16H17BrFNO. The summed E-state index contributed by atoms with van der Waals surface area (Å²) in [5.74, 6) is -0.471. The van der Waals surface area contributed by atoms with Gasteiger partial charge in [-0.1, -0.05) is 47.1 Å². The summed E-state index contributed by atoms with van der Waals surface area (Å²) < 4.78 is 13.7. The molecule has 2 rings (SSSR count). The zero-order chi connectivity index (χ0) is 14.7. The molecule has 20 heavy (non-hydrogen) atoms. The minimum absolute atomic E-state index is 0.0562. The van der Waals surface area contributed by atoms with Gasteiger partial charge in [0.25, 0.3) is 5.91 Å². The fourth-order valence-electron chi connectivity index (χ4n) is 2.31. The summed E-state index contributed by atoms with van der Waals surface area (Å²) >= 11 is 3.47. The standard InChI is InChI=1S/C16H17BrFNO/c1-10(17)9-11(2)19-16(20)14-7-8-15(18)13-6-4-3-5-12(13)14/h3-8,10-11H,9H2,1-2H3,(H,19,20). The molecule has 1 N–H and O–H groups in total. The quantitative estimate of drug-likeness (QED) is 0.829. The topological polar surface area (TPSA) is 29.1 Å². The number of carbonyl (C=O) groups excluding carboxylic acids is 1. The normalized spacial score (nSPS) is 14.0. The molecule has 4 heteroatoms. The van der Waals surface area contributed by atoms with E-state index in [1.807, 2.05) is 19.9 Å². The third-order valence-corrected chi connectivity index (χ3v) is 3.55. The third-order valence-electron chi connectivity index (χ3n) is 3.17. The molecule has 2 unspecified atom stereocenters. The van der Waals surface area contributed by atoms with Crippen molar-refractivity contribution in [3.63, 3.8) is 0 Å². The van der Waals surface area contributed by atoms with E-state index in [-0.39, 0.29) is 17.8 Å². The second-order valence-electron chi connectivity index (χ2n) is 5.03. The van der Waals surface area contributed by atoms with Crippen molar-refractivity contribution in [3.05, 3.63) is 47.8 Å². The predicted molar refractivity (Wildman–Crippen MR) is 83.8 cm³/mol. The second kappa shape index (κ2) is 6.35. The van der Waals surface area contributed by atoms with Crippen LogP contribution in [0.2, 0.25) is 0 Å². The van der Waals surface area contributed by atoms with E-state index >= 15 is 0 Å². The first-order valence-corrected chi connectivity index (χ1v) is 7.52. The fourth-order valence-corrected chi connectivity index (χ4v) is 2.87. The Hall–Kier alpha value is -1.42. The van der Waals surface area contributed by atoms with Crippen molar-refractivity contribution in [1.82, 2.24) is 5.32 Å². The van der Waals surface area contributed by atoms with Crippen LogP contribution < -0.4 is 5.32 Å². The largest absolute Gasteiger partial charge is 0.350 e. The van der Waals surface area contributed by atoms with E-state index in [2.05, 4.69) is 21.2 Å². The Balaban J connectivity index is 2.29. The molecular weight excluding hydrogens is 321 g/mol. The Labute approximate surface area is 126 Å². The van der Waals surface area contributed by atoms with Crippen molar-refractivity contribution < 1.29 is 9.18 Å². The van der Waals surface area contributed by atoms with E-state index in [0.717, 1.165) is 6.42 Å². The highest BCUT2D eigenvalue weighted by molar-refractivity contribution is 9.09. The van der Waals surface area contributed by atoms with Gasteiger partial charge in [0, 0.05) is 21.8 Å². The summed E-state index contributed by atoms with van der Waals surface area (Å²) in [6, 6.07) is 9.97. The van der Waals surface area contributed by atoms with Gasteiger partial charge in [-0.3, -0.25) is 4.79 Å². The van der Waals surface area contributed by atoms with Crippen molar-refractivity contribution in [2.45, 2.75) is 31.1 Å². The van der Waals surface area contributed by atoms with Crippen LogP contribution in [-0.4, -0.2) is 16.8 Å². The van der Waals surface area contributed by atoms with Crippen molar-refractivity contribution >= 4 is 32.6 Å². The van der Waals surface area contributed by atoms with Gasteiger partial charge in [-0.15, -0.1) is 0 Å². The first-order valence-electron chi connectivity index (χ1n) is 6.61. The molecule has 2 nitrogen and oxygen atoms in total. The lowest BCUT2D eigenvalue weighted by Gasteiger charge is -2.16. The number of halogens is 2. The number of nitrogens with one attached hydrogen (secondary N) is 1. The van der Waals surface area contributed by atoms with Crippen LogP contribution in [0, 0.1) is 5.82 Å². The molecule has 0 saturated carbocycles. The summed E-state index contributed by atoms with van der Waals surface area (Å²) in [5.41, 5.74) is 0.510. The molecule has 106 valence electrons. The maximum atomic E-state index is 13.7. The molecule has 0 spiro atoms. The van der Waals surface area contributed by atoms with Crippen LogP contribution in [0.15, 0.2) is 36.4 Å². The molecule has 0 aliphatic rings. The monoisotopic (exact) mass is 337 g/mol. The van der Waals surface area contributed by atoms with Gasteiger partial charge in [0.2, 0.25) is 0 Å². The SMILES string of the molecule is CC(Br)CC(C)NC(=O)c1ccc(F)c2ccccc12. The zero-order valence-electron chi connectivity index (χ0n) is 11.5. The average molecular weight is 338 g/mol. The van der Waals surface area contributed by atoms with Crippen LogP contribution in [0.3, 0.4) is 0 Å². The van der Waals surface area contributed by atoms with Crippen molar-refractivity contribution in [2.24, 2.45) is 0 Å². The molecule has 2 aromatic rings. The van der Waals surface area contributed by atoms with E-state index in [9.17, 15) is 9.18 Å². The van der Waals surface area contributed by atoms with Crippen LogP contribution >= 0.6 is 15.9 Å². The van der Waals surface area contributed by atoms with E-state index in [1.54, 1.807) is 18.2 Å². The summed E-state index contributed by atoms with van der Waals surface area (Å²) in [6.07, 6.45) is 0.838. The minimum atomic E-state index is -0.306. The highest BCUT2D eigenvalue weighted by Crippen LogP contribution is 2.22. The molecule has 2 atom stereocenters. The molecule has 2 aromatic carbocycles. The predicted octanol–water partition coefficient (Wildman–Crippen LogP) is 4.27. The van der Waals surface area contributed by atoms with Crippen LogP contribution in [0.1, 0.15) is 30.6 Å². The van der Waals surface area contributed by atoms with Crippen molar-refractivity contribution in [3.8, 4) is 0 Å². The van der Waals surface area contributed by atoms with Gasteiger partial charge in [0.05, 0.1) is 0 Å². The highest BCUT2D eigenvalue weighted by Gasteiger charge is 2.15. The van der Waals surface area contributed by atoms with Gasteiger partial charge in [-0.05, 0) is 30.9 Å². The number of hydrogen-bond acceptors (Lipinski definition) is 1. The third kappa shape index (κ3) is 3.37. The van der Waals surface area contributed by atoms with E-state index < -0.39 is 0 Å². The number of hydrogen-bond donors (Lipinski definition) is 1. The van der Waals surface area contributed by atoms with E-state index in [1.165, 1.54) is 12.1 Å². The summed E-state index contributed by atoms with van der Waals surface area (Å²) in [6.45, 7) is 4.00. The minimum Gasteiger partial charge on any atom is -0.350 e. The van der Waals surface area contributed by atoms with Crippen LogP contribution in [-0.2, 0) is 0 Å². The van der Waals surface area contributed by atoms with Gasteiger partial charge in [0.1, 0.15) is 5.82 Å². The lowest BCUT2D eigenvalue weighted by atomic mass is 10.0. The fraction of sp³-hybridized carbons (Fsp3) is 0.312. The number of carbonyl (C=O) groups is 1. The van der Waals surface area contributed by atoms with Crippen molar-refractivity contribution in [2.75, 3.05) is 0 Å². The highest BCUT2D eigenvalue weighted by atomic mass is 79.9. The summed E-state index contributed by atoms with van der Waals surface area (Å²) in [4.78, 5) is 12.6. The molecule has 0 bridgehead atoms. The Morgan fingerprint density at radius 2 is 1.85 bits per heavy atom. The van der Waals surface area contributed by atoms with Crippen LogP contribution in [0.5, 0.6) is 0 Å². The Bertz CT molecular complexity index is 627. The number of benzene rings is 2. The number of fused-ring (bicyclic) bond motifs is 1. The Kier molecular flexibility index (Phi) is 4.76. The van der Waals surface area contributed by atoms with Gasteiger partial charge in [-0.2, -0.15) is 0 Å². The van der Waals surface area contributed by atoms with Gasteiger partial charge in [-0.25, -0.2) is 4.39 Å². The second-order valence-corrected chi connectivity index (χ2v) is 6.59. The van der Waals surface area contributed by atoms with Crippen LogP contribution in [0.25, 0.3) is 10.8 Å². The first-order chi connectivity index (χ1) is 9.49. The van der Waals surface area contributed by atoms with Gasteiger partial charge >= 0.3 is 0 Å².